The van der Waals surface area contributed by atoms with Crippen molar-refractivity contribution >= 4 is 29.9 Å². The minimum Gasteiger partial charge on any atom is -0.340 e. The number of likely N-dealkylation sites (tertiary alicyclic amines) is 1. The van der Waals surface area contributed by atoms with Crippen LogP contribution in [0.5, 0.6) is 0 Å². The van der Waals surface area contributed by atoms with Crippen LogP contribution in [0, 0.1) is 19.8 Å². The van der Waals surface area contributed by atoms with Crippen LogP contribution in [-0.4, -0.2) is 42.4 Å². The largest absolute Gasteiger partial charge is 0.340 e. The second-order valence-electron chi connectivity index (χ2n) is 8.10. The van der Waals surface area contributed by atoms with Gasteiger partial charge in [0.15, 0.2) is 0 Å². The number of rotatable bonds is 3. The highest BCUT2D eigenvalue weighted by Crippen LogP contribution is 2.31. The Morgan fingerprint density at radius 2 is 1.69 bits per heavy atom. The standard InChI is InChI=1S/C23H27N3O2.ClH/c1-15-10-16(2)12-18(11-15)26-9-8-19(23(26)28)22(27)25-13-20(21(24)14-25)17-6-4-3-5-7-17;/h3-7,10-12,19-21H,8-9,13-14,24H2,1-2H3;1H/t19?,20-,21+;/m0./s1. The van der Waals surface area contributed by atoms with E-state index in [-0.39, 0.29) is 36.2 Å². The second-order valence-corrected chi connectivity index (χ2v) is 8.10. The summed E-state index contributed by atoms with van der Waals surface area (Å²) in [4.78, 5) is 29.7. The predicted octanol–water partition coefficient (Wildman–Crippen LogP) is 3.03. The topological polar surface area (TPSA) is 66.6 Å². The Morgan fingerprint density at radius 3 is 2.34 bits per heavy atom. The van der Waals surface area contributed by atoms with Crippen LogP contribution in [0.25, 0.3) is 0 Å². The fraction of sp³-hybridized carbons (Fsp3) is 0.391. The van der Waals surface area contributed by atoms with Crippen LogP contribution in [0.2, 0.25) is 0 Å². The van der Waals surface area contributed by atoms with Crippen LogP contribution in [-0.2, 0) is 9.59 Å². The van der Waals surface area contributed by atoms with Crippen LogP contribution in [0.1, 0.15) is 29.0 Å². The van der Waals surface area contributed by atoms with Crippen LogP contribution >= 0.6 is 12.4 Å². The quantitative estimate of drug-likeness (QED) is 0.786. The molecule has 0 saturated carbocycles. The lowest BCUT2D eigenvalue weighted by molar-refractivity contribution is -0.139. The van der Waals surface area contributed by atoms with E-state index in [9.17, 15) is 9.59 Å². The molecule has 2 heterocycles. The summed E-state index contributed by atoms with van der Waals surface area (Å²) < 4.78 is 0. The highest BCUT2D eigenvalue weighted by atomic mass is 35.5. The van der Waals surface area contributed by atoms with E-state index in [1.165, 1.54) is 0 Å². The number of nitrogens with two attached hydrogens (primary N) is 1. The Hall–Kier alpha value is -2.37. The van der Waals surface area contributed by atoms with Gasteiger partial charge in [0.05, 0.1) is 0 Å². The van der Waals surface area contributed by atoms with Crippen molar-refractivity contribution in [2.24, 2.45) is 11.7 Å². The molecule has 2 aliphatic heterocycles. The number of hydrogen-bond donors (Lipinski definition) is 1. The third kappa shape index (κ3) is 4.16. The first-order valence-electron chi connectivity index (χ1n) is 9.93. The van der Waals surface area contributed by atoms with Gasteiger partial charge in [0, 0.05) is 37.3 Å². The summed E-state index contributed by atoms with van der Waals surface area (Å²) >= 11 is 0. The van der Waals surface area contributed by atoms with Gasteiger partial charge in [-0.1, -0.05) is 36.4 Å². The molecule has 29 heavy (non-hydrogen) atoms. The Labute approximate surface area is 178 Å². The zero-order chi connectivity index (χ0) is 19.8. The third-order valence-corrected chi connectivity index (χ3v) is 5.93. The van der Waals surface area contributed by atoms with Crippen molar-refractivity contribution in [3.05, 3.63) is 65.2 Å². The molecule has 2 N–H and O–H groups in total. The second kappa shape index (κ2) is 8.56. The van der Waals surface area contributed by atoms with E-state index in [0.29, 0.717) is 26.1 Å². The molecule has 5 nitrogen and oxygen atoms in total. The zero-order valence-electron chi connectivity index (χ0n) is 16.9. The summed E-state index contributed by atoms with van der Waals surface area (Å²) in [7, 11) is 0. The number of nitrogens with zero attached hydrogens (tertiary/aromatic N) is 2. The van der Waals surface area contributed by atoms with Gasteiger partial charge < -0.3 is 15.5 Å². The average Bonchev–Trinajstić information content (AvgIpc) is 3.24. The summed E-state index contributed by atoms with van der Waals surface area (Å²) in [5.41, 5.74) is 10.6. The maximum Gasteiger partial charge on any atom is 0.239 e. The molecule has 2 aliphatic rings. The normalized spacial score (nSPS) is 24.0. The van der Waals surface area contributed by atoms with E-state index in [0.717, 1.165) is 22.4 Å². The van der Waals surface area contributed by atoms with Gasteiger partial charge in [-0.25, -0.2) is 0 Å². The molecule has 2 saturated heterocycles. The minimum atomic E-state index is -0.595. The van der Waals surface area contributed by atoms with Crippen LogP contribution in [0.4, 0.5) is 5.69 Å². The van der Waals surface area contributed by atoms with Gasteiger partial charge in [0.25, 0.3) is 0 Å². The Kier molecular flexibility index (Phi) is 6.30. The number of carbonyl (C=O) groups excluding carboxylic acids is 2. The molecule has 0 aromatic heterocycles. The lowest BCUT2D eigenvalue weighted by atomic mass is 9.95. The monoisotopic (exact) mass is 413 g/mol. The van der Waals surface area contributed by atoms with Gasteiger partial charge in [-0.05, 0) is 49.1 Å². The van der Waals surface area contributed by atoms with Gasteiger partial charge in [-0.3, -0.25) is 9.59 Å². The fourth-order valence-corrected chi connectivity index (χ4v) is 4.55. The molecule has 2 amide bonds. The van der Waals surface area contributed by atoms with Gasteiger partial charge >= 0.3 is 0 Å². The van der Waals surface area contributed by atoms with Crippen LogP contribution < -0.4 is 10.6 Å². The molecule has 2 fully saturated rings. The van der Waals surface area contributed by atoms with E-state index in [1.807, 2.05) is 44.2 Å². The van der Waals surface area contributed by atoms with Crippen molar-refractivity contribution in [1.29, 1.82) is 0 Å². The first-order chi connectivity index (χ1) is 13.4. The van der Waals surface area contributed by atoms with Crippen molar-refractivity contribution in [2.45, 2.75) is 32.2 Å². The van der Waals surface area contributed by atoms with E-state index in [2.05, 4.69) is 18.2 Å². The number of halogens is 1. The van der Waals surface area contributed by atoms with Crippen molar-refractivity contribution in [1.82, 2.24) is 4.90 Å². The molecule has 1 unspecified atom stereocenters. The summed E-state index contributed by atoms with van der Waals surface area (Å²) in [6.45, 7) is 5.72. The molecule has 0 radical (unpaired) electrons. The number of hydrogen-bond acceptors (Lipinski definition) is 3. The molecule has 154 valence electrons. The first kappa shape index (κ1) is 21.3. The number of amides is 2. The number of anilines is 1. The Balaban J connectivity index is 0.00000240. The molecule has 0 spiro atoms. The molecular formula is C23H28ClN3O2. The number of benzene rings is 2. The summed E-state index contributed by atoms with van der Waals surface area (Å²) in [6, 6.07) is 16.1. The molecule has 2 aromatic carbocycles. The Morgan fingerprint density at radius 1 is 1.03 bits per heavy atom. The predicted molar refractivity (Wildman–Crippen MR) is 117 cm³/mol. The van der Waals surface area contributed by atoms with E-state index in [1.54, 1.807) is 9.80 Å². The highest BCUT2D eigenvalue weighted by molar-refractivity contribution is 6.09. The van der Waals surface area contributed by atoms with Gasteiger partial charge in [-0.15, -0.1) is 12.4 Å². The van der Waals surface area contributed by atoms with Crippen LogP contribution in [0.15, 0.2) is 48.5 Å². The number of aryl methyl sites for hydroxylation is 2. The first-order valence-corrected chi connectivity index (χ1v) is 9.93. The van der Waals surface area contributed by atoms with E-state index < -0.39 is 5.92 Å². The maximum absolute atomic E-state index is 13.1. The lowest BCUT2D eigenvalue weighted by Gasteiger charge is -2.21. The molecule has 4 rings (SSSR count). The van der Waals surface area contributed by atoms with E-state index >= 15 is 0 Å². The molecular weight excluding hydrogens is 386 g/mol. The molecule has 3 atom stereocenters. The maximum atomic E-state index is 13.1. The highest BCUT2D eigenvalue weighted by Gasteiger charge is 2.43. The van der Waals surface area contributed by atoms with Crippen molar-refractivity contribution in [3.63, 3.8) is 0 Å². The van der Waals surface area contributed by atoms with Gasteiger partial charge in [-0.2, -0.15) is 0 Å². The van der Waals surface area contributed by atoms with Crippen LogP contribution in [0.3, 0.4) is 0 Å². The molecule has 0 aliphatic carbocycles. The van der Waals surface area contributed by atoms with Crippen molar-refractivity contribution < 1.29 is 9.59 Å². The average molecular weight is 414 g/mol. The number of carbonyl (C=O) groups is 2. The van der Waals surface area contributed by atoms with E-state index in [4.69, 9.17) is 5.73 Å². The summed E-state index contributed by atoms with van der Waals surface area (Å²) in [5, 5.41) is 0. The molecule has 0 bridgehead atoms. The van der Waals surface area contributed by atoms with Crippen molar-refractivity contribution in [3.8, 4) is 0 Å². The summed E-state index contributed by atoms with van der Waals surface area (Å²) in [6.07, 6.45) is 0.562. The Bertz CT molecular complexity index is 882. The minimum absolute atomic E-state index is 0. The van der Waals surface area contributed by atoms with Gasteiger partial charge in [0.1, 0.15) is 5.92 Å². The molecule has 2 aromatic rings. The van der Waals surface area contributed by atoms with Crippen molar-refractivity contribution in [2.75, 3.05) is 24.5 Å². The summed E-state index contributed by atoms with van der Waals surface area (Å²) in [5.74, 6) is -0.641. The van der Waals surface area contributed by atoms with Gasteiger partial charge in [0.2, 0.25) is 11.8 Å². The molecule has 6 heteroatoms. The lowest BCUT2D eigenvalue weighted by Crippen LogP contribution is -2.40. The fourth-order valence-electron chi connectivity index (χ4n) is 4.55. The smallest absolute Gasteiger partial charge is 0.239 e. The zero-order valence-corrected chi connectivity index (χ0v) is 17.7. The SMILES string of the molecule is Cc1cc(C)cc(N2CCC(C(=O)N3C[C@@H](N)[C@H](c4ccccc4)C3)C2=O)c1.Cl. The third-order valence-electron chi connectivity index (χ3n) is 5.93.